The van der Waals surface area contributed by atoms with E-state index in [0.717, 1.165) is 0 Å². The fourth-order valence-corrected chi connectivity index (χ4v) is 2.94. The number of aliphatic hydroxyl groups is 1. The second-order valence-electron chi connectivity index (χ2n) is 4.97. The Balaban J connectivity index is 2.27. The van der Waals surface area contributed by atoms with Crippen molar-refractivity contribution in [1.82, 2.24) is 0 Å². The van der Waals surface area contributed by atoms with E-state index in [1.165, 1.54) is 0 Å². The standard InChI is InChI=1S/C17H15F3O2S/c18-17(19,20)11-23-16(22)14(12-7-3-1-4-8-12)15(21)13-9-5-2-6-10-13/h1-10,14-15,21H,11H2/t14-,15+/m1/s1. The molecule has 0 saturated heterocycles. The molecule has 0 saturated carbocycles. The second-order valence-corrected chi connectivity index (χ2v) is 5.95. The average Bonchev–Trinajstić information content (AvgIpc) is 2.54. The van der Waals surface area contributed by atoms with Crippen LogP contribution in [0, 0.1) is 0 Å². The van der Waals surface area contributed by atoms with E-state index in [1.54, 1.807) is 60.7 Å². The van der Waals surface area contributed by atoms with E-state index in [1.807, 2.05) is 0 Å². The lowest BCUT2D eigenvalue weighted by atomic mass is 9.90. The second kappa shape index (κ2) is 7.66. The van der Waals surface area contributed by atoms with Gasteiger partial charge in [0.25, 0.3) is 0 Å². The first kappa shape index (κ1) is 17.6. The molecule has 0 amide bonds. The summed E-state index contributed by atoms with van der Waals surface area (Å²) >= 11 is 0.185. The Morgan fingerprint density at radius 1 is 0.957 bits per heavy atom. The molecule has 0 heterocycles. The molecule has 0 radical (unpaired) electrons. The SMILES string of the molecule is O=C(SCC(F)(F)F)[C@H](c1ccccc1)[C@@H](O)c1ccccc1. The number of rotatable bonds is 5. The van der Waals surface area contributed by atoms with Gasteiger partial charge >= 0.3 is 6.18 Å². The molecule has 2 aromatic carbocycles. The minimum absolute atomic E-state index is 0.185. The molecule has 2 nitrogen and oxygen atoms in total. The van der Waals surface area contributed by atoms with Gasteiger partial charge in [0.15, 0.2) is 5.12 Å². The van der Waals surface area contributed by atoms with E-state index in [4.69, 9.17) is 0 Å². The summed E-state index contributed by atoms with van der Waals surface area (Å²) in [6.07, 6.45) is -5.63. The van der Waals surface area contributed by atoms with Gasteiger partial charge in [-0.15, -0.1) is 0 Å². The van der Waals surface area contributed by atoms with Crippen molar-refractivity contribution in [3.05, 3.63) is 71.8 Å². The van der Waals surface area contributed by atoms with Crippen molar-refractivity contribution in [2.75, 3.05) is 5.75 Å². The quantitative estimate of drug-likeness (QED) is 0.880. The van der Waals surface area contributed by atoms with Crippen molar-refractivity contribution < 1.29 is 23.1 Å². The van der Waals surface area contributed by atoms with E-state index in [2.05, 4.69) is 0 Å². The molecule has 122 valence electrons. The highest BCUT2D eigenvalue weighted by atomic mass is 32.2. The molecule has 2 atom stereocenters. The van der Waals surface area contributed by atoms with Crippen molar-refractivity contribution in [3.63, 3.8) is 0 Å². The Labute approximate surface area is 136 Å². The third kappa shape index (κ3) is 5.11. The predicted molar refractivity (Wildman–Crippen MR) is 84.1 cm³/mol. The number of halogens is 3. The Morgan fingerprint density at radius 3 is 1.91 bits per heavy atom. The van der Waals surface area contributed by atoms with Crippen LogP contribution in [0.1, 0.15) is 23.1 Å². The summed E-state index contributed by atoms with van der Waals surface area (Å²) in [7, 11) is 0. The van der Waals surface area contributed by atoms with Crippen LogP contribution in [-0.2, 0) is 4.79 Å². The van der Waals surface area contributed by atoms with E-state index in [0.29, 0.717) is 11.1 Å². The highest BCUT2D eigenvalue weighted by molar-refractivity contribution is 8.13. The molecule has 0 aromatic heterocycles. The number of benzene rings is 2. The van der Waals surface area contributed by atoms with E-state index >= 15 is 0 Å². The first-order valence-corrected chi connectivity index (χ1v) is 7.88. The van der Waals surface area contributed by atoms with Crippen molar-refractivity contribution >= 4 is 16.9 Å². The highest BCUT2D eigenvalue weighted by Crippen LogP contribution is 2.36. The first-order chi connectivity index (χ1) is 10.9. The molecule has 0 aliphatic rings. The smallest absolute Gasteiger partial charge is 0.387 e. The number of hydrogen-bond acceptors (Lipinski definition) is 3. The number of alkyl halides is 3. The van der Waals surface area contributed by atoms with Gasteiger partial charge in [0.1, 0.15) is 0 Å². The monoisotopic (exact) mass is 340 g/mol. The minimum atomic E-state index is -4.43. The summed E-state index contributed by atoms with van der Waals surface area (Å²) in [5.74, 6) is -2.32. The van der Waals surface area contributed by atoms with Crippen LogP contribution >= 0.6 is 11.8 Å². The van der Waals surface area contributed by atoms with E-state index in [9.17, 15) is 23.1 Å². The van der Waals surface area contributed by atoms with Gasteiger partial charge in [-0.25, -0.2) is 0 Å². The summed E-state index contributed by atoms with van der Waals surface area (Å²) in [4.78, 5) is 12.3. The van der Waals surface area contributed by atoms with Crippen LogP contribution in [0.4, 0.5) is 13.2 Å². The molecule has 0 aliphatic carbocycles. The fraction of sp³-hybridized carbons (Fsp3) is 0.235. The summed E-state index contributed by atoms with van der Waals surface area (Å²) in [5, 5.41) is 9.81. The van der Waals surface area contributed by atoms with Crippen LogP contribution in [0.15, 0.2) is 60.7 Å². The minimum Gasteiger partial charge on any atom is -0.387 e. The van der Waals surface area contributed by atoms with Crippen molar-refractivity contribution in [3.8, 4) is 0 Å². The molecule has 2 aromatic rings. The molecular weight excluding hydrogens is 325 g/mol. The number of aliphatic hydroxyl groups excluding tert-OH is 1. The van der Waals surface area contributed by atoms with Crippen LogP contribution in [0.5, 0.6) is 0 Å². The topological polar surface area (TPSA) is 37.3 Å². The predicted octanol–water partition coefficient (Wildman–Crippen LogP) is 4.33. The normalized spacial score (nSPS) is 14.3. The first-order valence-electron chi connectivity index (χ1n) is 6.90. The summed E-state index contributed by atoms with van der Waals surface area (Å²) in [6, 6.07) is 16.8. The van der Waals surface area contributed by atoms with E-state index < -0.39 is 29.1 Å². The molecule has 0 spiro atoms. The number of carbonyl (C=O) groups is 1. The fourth-order valence-electron chi connectivity index (χ4n) is 2.19. The third-order valence-electron chi connectivity index (χ3n) is 3.25. The van der Waals surface area contributed by atoms with Gasteiger partial charge < -0.3 is 5.11 Å². The lowest BCUT2D eigenvalue weighted by Gasteiger charge is -2.22. The Kier molecular flexibility index (Phi) is 5.85. The van der Waals surface area contributed by atoms with Crippen LogP contribution in [0.3, 0.4) is 0 Å². The lowest BCUT2D eigenvalue weighted by molar-refractivity contribution is -0.116. The van der Waals surface area contributed by atoms with Crippen LogP contribution in [0.2, 0.25) is 0 Å². The molecule has 6 heteroatoms. The third-order valence-corrected chi connectivity index (χ3v) is 4.26. The largest absolute Gasteiger partial charge is 0.398 e. The van der Waals surface area contributed by atoms with E-state index in [-0.39, 0.29) is 11.8 Å². The number of hydrogen-bond donors (Lipinski definition) is 1. The van der Waals surface area contributed by atoms with Gasteiger partial charge in [0.05, 0.1) is 17.8 Å². The van der Waals surface area contributed by atoms with Crippen molar-refractivity contribution in [2.45, 2.75) is 18.2 Å². The summed E-state index contributed by atoms with van der Waals surface area (Å²) < 4.78 is 37.1. The molecule has 0 fully saturated rings. The lowest BCUT2D eigenvalue weighted by Crippen LogP contribution is -2.21. The number of carbonyl (C=O) groups excluding carboxylic acids is 1. The highest BCUT2D eigenvalue weighted by Gasteiger charge is 2.34. The van der Waals surface area contributed by atoms with Gasteiger partial charge in [0, 0.05) is 0 Å². The van der Waals surface area contributed by atoms with Gasteiger partial charge in [-0.1, -0.05) is 72.4 Å². The van der Waals surface area contributed by atoms with Gasteiger partial charge in [0.2, 0.25) is 0 Å². The Hall–Kier alpha value is -1.79. The zero-order valence-corrected chi connectivity index (χ0v) is 12.8. The van der Waals surface area contributed by atoms with Crippen LogP contribution in [-0.4, -0.2) is 22.2 Å². The maximum atomic E-state index is 12.4. The summed E-state index contributed by atoms with van der Waals surface area (Å²) in [5.41, 5.74) is 0.978. The molecule has 1 N–H and O–H groups in total. The Bertz CT molecular complexity index is 629. The zero-order chi connectivity index (χ0) is 16.9. The molecule has 0 aliphatic heterocycles. The van der Waals surface area contributed by atoms with Crippen molar-refractivity contribution in [2.24, 2.45) is 0 Å². The Morgan fingerprint density at radius 2 is 1.43 bits per heavy atom. The molecule has 2 rings (SSSR count). The van der Waals surface area contributed by atoms with Crippen LogP contribution in [0.25, 0.3) is 0 Å². The maximum absolute atomic E-state index is 12.4. The molecule has 0 bridgehead atoms. The summed E-state index contributed by atoms with van der Waals surface area (Å²) in [6.45, 7) is 0. The average molecular weight is 340 g/mol. The molecule has 0 unspecified atom stereocenters. The van der Waals surface area contributed by atoms with Gasteiger partial charge in [-0.2, -0.15) is 13.2 Å². The van der Waals surface area contributed by atoms with Gasteiger partial charge in [-0.3, -0.25) is 4.79 Å². The maximum Gasteiger partial charge on any atom is 0.398 e. The van der Waals surface area contributed by atoms with Gasteiger partial charge in [-0.05, 0) is 11.1 Å². The molecular formula is C17H15F3O2S. The van der Waals surface area contributed by atoms with Crippen LogP contribution < -0.4 is 0 Å². The zero-order valence-electron chi connectivity index (χ0n) is 12.0. The van der Waals surface area contributed by atoms with Crippen molar-refractivity contribution in [1.29, 1.82) is 0 Å². The molecule has 23 heavy (non-hydrogen) atoms. The number of thioether (sulfide) groups is 1.